The first-order valence-corrected chi connectivity index (χ1v) is 6.49. The minimum absolute atomic E-state index is 0.313. The Morgan fingerprint density at radius 2 is 1.82 bits per heavy atom. The van der Waals surface area contributed by atoms with Gasteiger partial charge in [0.1, 0.15) is 11.5 Å². The van der Waals surface area contributed by atoms with Crippen LogP contribution in [0.4, 0.5) is 0 Å². The van der Waals surface area contributed by atoms with Gasteiger partial charge >= 0.3 is 0 Å². The molecule has 0 N–H and O–H groups in total. The molecule has 0 saturated heterocycles. The Balaban J connectivity index is 1.80. The third-order valence-electron chi connectivity index (χ3n) is 2.66. The number of hydrogen-bond acceptors (Lipinski definition) is 3. The van der Waals surface area contributed by atoms with Crippen molar-refractivity contribution in [2.24, 2.45) is 0 Å². The van der Waals surface area contributed by atoms with Gasteiger partial charge in [0.2, 0.25) is 6.79 Å². The summed E-state index contributed by atoms with van der Waals surface area (Å²) in [6, 6.07) is 9.95. The zero-order chi connectivity index (χ0) is 11.7. The van der Waals surface area contributed by atoms with Crippen LogP contribution in [0, 0.1) is 0 Å². The lowest BCUT2D eigenvalue weighted by atomic mass is 10.1. The standard InChI is InChI=1S/C13H11BrO3/c14-7-11-3-2-10(17-11)5-9-1-4-12-13(6-9)16-8-15-12/h1-4,6H,5,7-8H2. The molecule has 0 saturated carbocycles. The minimum Gasteiger partial charge on any atom is -0.465 e. The number of benzene rings is 1. The second kappa shape index (κ2) is 4.45. The molecule has 4 heteroatoms. The summed E-state index contributed by atoms with van der Waals surface area (Å²) >= 11 is 3.37. The topological polar surface area (TPSA) is 31.6 Å². The Labute approximate surface area is 107 Å². The van der Waals surface area contributed by atoms with E-state index in [9.17, 15) is 0 Å². The van der Waals surface area contributed by atoms with Gasteiger partial charge in [-0.05, 0) is 29.8 Å². The molecular weight excluding hydrogens is 284 g/mol. The van der Waals surface area contributed by atoms with Gasteiger partial charge in [-0.2, -0.15) is 0 Å². The maximum absolute atomic E-state index is 5.64. The van der Waals surface area contributed by atoms with Gasteiger partial charge in [-0.3, -0.25) is 0 Å². The van der Waals surface area contributed by atoms with E-state index in [4.69, 9.17) is 13.9 Å². The lowest BCUT2D eigenvalue weighted by Crippen LogP contribution is -1.93. The number of ether oxygens (including phenoxy) is 2. The Morgan fingerprint density at radius 3 is 2.65 bits per heavy atom. The average Bonchev–Trinajstić information content (AvgIpc) is 2.96. The smallest absolute Gasteiger partial charge is 0.231 e. The lowest BCUT2D eigenvalue weighted by Gasteiger charge is -2.01. The maximum Gasteiger partial charge on any atom is 0.231 e. The van der Waals surface area contributed by atoms with Gasteiger partial charge in [-0.15, -0.1) is 0 Å². The van der Waals surface area contributed by atoms with E-state index < -0.39 is 0 Å². The molecule has 0 unspecified atom stereocenters. The third-order valence-corrected chi connectivity index (χ3v) is 3.22. The molecule has 3 rings (SSSR count). The highest BCUT2D eigenvalue weighted by atomic mass is 79.9. The first-order valence-electron chi connectivity index (χ1n) is 5.37. The monoisotopic (exact) mass is 294 g/mol. The van der Waals surface area contributed by atoms with Crippen LogP contribution in [0.1, 0.15) is 17.1 Å². The van der Waals surface area contributed by atoms with Gasteiger partial charge in [0.05, 0.1) is 5.33 Å². The Bertz CT molecular complexity index is 533. The van der Waals surface area contributed by atoms with Crippen LogP contribution in [-0.2, 0) is 11.8 Å². The summed E-state index contributed by atoms with van der Waals surface area (Å²) in [6.07, 6.45) is 0.768. The van der Waals surface area contributed by atoms with E-state index in [0.29, 0.717) is 6.79 Å². The molecule has 1 aliphatic rings. The van der Waals surface area contributed by atoms with Crippen LogP contribution in [0.15, 0.2) is 34.7 Å². The number of rotatable bonds is 3. The zero-order valence-corrected chi connectivity index (χ0v) is 10.7. The molecule has 1 aromatic heterocycles. The highest BCUT2D eigenvalue weighted by Crippen LogP contribution is 2.33. The van der Waals surface area contributed by atoms with Crippen molar-refractivity contribution in [3.63, 3.8) is 0 Å². The molecule has 0 aliphatic carbocycles. The van der Waals surface area contributed by atoms with Gasteiger partial charge in [0, 0.05) is 6.42 Å². The minimum atomic E-state index is 0.313. The first-order chi connectivity index (χ1) is 8.35. The quantitative estimate of drug-likeness (QED) is 0.812. The van der Waals surface area contributed by atoms with Crippen molar-refractivity contribution in [2.75, 3.05) is 6.79 Å². The van der Waals surface area contributed by atoms with Crippen molar-refractivity contribution in [1.29, 1.82) is 0 Å². The Hall–Kier alpha value is -1.42. The van der Waals surface area contributed by atoms with E-state index in [2.05, 4.69) is 15.9 Å². The number of fused-ring (bicyclic) bond motifs is 1. The van der Waals surface area contributed by atoms with Crippen LogP contribution < -0.4 is 9.47 Å². The summed E-state index contributed by atoms with van der Waals surface area (Å²) in [5, 5.41) is 0.744. The summed E-state index contributed by atoms with van der Waals surface area (Å²) in [4.78, 5) is 0. The van der Waals surface area contributed by atoms with E-state index in [0.717, 1.165) is 40.3 Å². The molecule has 0 atom stereocenters. The molecular formula is C13H11BrO3. The highest BCUT2D eigenvalue weighted by molar-refractivity contribution is 9.08. The van der Waals surface area contributed by atoms with Crippen molar-refractivity contribution in [1.82, 2.24) is 0 Å². The molecule has 2 heterocycles. The predicted octanol–water partition coefficient (Wildman–Crippen LogP) is 3.49. The molecule has 17 heavy (non-hydrogen) atoms. The third kappa shape index (κ3) is 2.17. The van der Waals surface area contributed by atoms with Crippen LogP contribution >= 0.6 is 15.9 Å². The molecule has 3 nitrogen and oxygen atoms in total. The average molecular weight is 295 g/mol. The fraction of sp³-hybridized carbons (Fsp3) is 0.231. The molecule has 1 aromatic carbocycles. The molecule has 0 bridgehead atoms. The molecule has 2 aromatic rings. The van der Waals surface area contributed by atoms with Gasteiger partial charge in [-0.1, -0.05) is 22.0 Å². The van der Waals surface area contributed by atoms with Gasteiger partial charge in [0.25, 0.3) is 0 Å². The first kappa shape index (κ1) is 10.7. The second-order valence-electron chi connectivity index (χ2n) is 3.87. The maximum atomic E-state index is 5.64. The van der Waals surface area contributed by atoms with Crippen molar-refractivity contribution < 1.29 is 13.9 Å². The summed E-state index contributed by atoms with van der Waals surface area (Å²) in [7, 11) is 0. The number of halogens is 1. The van der Waals surface area contributed by atoms with E-state index >= 15 is 0 Å². The van der Waals surface area contributed by atoms with E-state index in [-0.39, 0.29) is 0 Å². The summed E-state index contributed by atoms with van der Waals surface area (Å²) in [5.41, 5.74) is 1.16. The van der Waals surface area contributed by atoms with Crippen molar-refractivity contribution >= 4 is 15.9 Å². The summed E-state index contributed by atoms with van der Waals surface area (Å²) in [6.45, 7) is 0.313. The molecule has 0 spiro atoms. The SMILES string of the molecule is BrCc1ccc(Cc2ccc3c(c2)OCO3)o1. The predicted molar refractivity (Wildman–Crippen MR) is 66.7 cm³/mol. The van der Waals surface area contributed by atoms with Crippen LogP contribution in [0.3, 0.4) is 0 Å². The number of alkyl halides is 1. The second-order valence-corrected chi connectivity index (χ2v) is 4.43. The Kier molecular flexibility index (Phi) is 2.81. The lowest BCUT2D eigenvalue weighted by molar-refractivity contribution is 0.174. The normalized spacial score (nSPS) is 13.0. The zero-order valence-electron chi connectivity index (χ0n) is 9.11. The van der Waals surface area contributed by atoms with Crippen LogP contribution in [0.25, 0.3) is 0 Å². The van der Waals surface area contributed by atoms with Crippen molar-refractivity contribution in [3.05, 3.63) is 47.4 Å². The van der Waals surface area contributed by atoms with E-state index in [1.807, 2.05) is 30.3 Å². The van der Waals surface area contributed by atoms with Gasteiger partial charge < -0.3 is 13.9 Å². The van der Waals surface area contributed by atoms with Crippen molar-refractivity contribution in [2.45, 2.75) is 11.8 Å². The van der Waals surface area contributed by atoms with E-state index in [1.165, 1.54) is 0 Å². The highest BCUT2D eigenvalue weighted by Gasteiger charge is 2.13. The summed E-state index contributed by atoms with van der Waals surface area (Å²) in [5.74, 6) is 3.53. The molecule has 0 amide bonds. The molecule has 88 valence electrons. The molecule has 0 radical (unpaired) electrons. The largest absolute Gasteiger partial charge is 0.465 e. The molecule has 1 aliphatic heterocycles. The fourth-order valence-electron chi connectivity index (χ4n) is 1.84. The van der Waals surface area contributed by atoms with Crippen molar-refractivity contribution in [3.8, 4) is 11.5 Å². The molecule has 0 fully saturated rings. The number of hydrogen-bond donors (Lipinski definition) is 0. The van der Waals surface area contributed by atoms with Crippen LogP contribution in [0.5, 0.6) is 11.5 Å². The van der Waals surface area contributed by atoms with Crippen LogP contribution in [0.2, 0.25) is 0 Å². The van der Waals surface area contributed by atoms with Gasteiger partial charge in [-0.25, -0.2) is 0 Å². The Morgan fingerprint density at radius 1 is 1.00 bits per heavy atom. The fourth-order valence-corrected chi connectivity index (χ4v) is 2.14. The number of furan rings is 1. The van der Waals surface area contributed by atoms with Gasteiger partial charge in [0.15, 0.2) is 11.5 Å². The van der Waals surface area contributed by atoms with E-state index in [1.54, 1.807) is 0 Å². The summed E-state index contributed by atoms with van der Waals surface area (Å²) < 4.78 is 16.3. The van der Waals surface area contributed by atoms with Crippen LogP contribution in [-0.4, -0.2) is 6.79 Å².